The van der Waals surface area contributed by atoms with Gasteiger partial charge in [0.15, 0.2) is 0 Å². The van der Waals surface area contributed by atoms with Crippen LogP contribution in [0.1, 0.15) is 17.4 Å². The Labute approximate surface area is 162 Å². The Morgan fingerprint density at radius 3 is 2.44 bits per heavy atom. The van der Waals surface area contributed by atoms with Crippen LogP contribution in [0, 0.1) is 17.7 Å². The molecule has 0 aliphatic heterocycles. The van der Waals surface area contributed by atoms with Crippen molar-refractivity contribution >= 4 is 41.1 Å². The number of aliphatic hydroxyl groups is 1. The lowest BCUT2D eigenvalue weighted by Crippen LogP contribution is -2.24. The predicted molar refractivity (Wildman–Crippen MR) is 113 cm³/mol. The predicted octanol–water partition coefficient (Wildman–Crippen LogP) is 4.35. The first-order chi connectivity index (χ1) is 12.9. The summed E-state index contributed by atoms with van der Waals surface area (Å²) in [7, 11) is 1.64. The minimum Gasteiger partial charge on any atom is -0.506 e. The maximum absolute atomic E-state index is 12.3. The van der Waals surface area contributed by atoms with Gasteiger partial charge < -0.3 is 26.6 Å². The number of benzene rings is 1. The first-order valence-corrected chi connectivity index (χ1v) is 9.04. The molecule has 0 radical (unpaired) electrons. The molecule has 0 aliphatic rings. The smallest absolute Gasteiger partial charge is 0.272 e. The van der Waals surface area contributed by atoms with Crippen LogP contribution in [0.2, 0.25) is 0 Å². The van der Waals surface area contributed by atoms with E-state index < -0.39 is 0 Å². The number of allylic oxidation sites excluding steroid dienone is 2. The number of hydrogen-bond donors (Lipinski definition) is 5. The molecule has 1 amide bonds. The number of amides is 1. The van der Waals surface area contributed by atoms with Gasteiger partial charge in [0, 0.05) is 30.0 Å². The molecule has 27 heavy (non-hydrogen) atoms. The molecule has 2 rings (SSSR count). The number of carbonyl (C=O) groups is 1. The van der Waals surface area contributed by atoms with E-state index in [9.17, 15) is 9.90 Å². The SMILES string of the molecule is CN/C(C(=O)Nc1ccc(-c2sc(/C(O)=C/C=N)cc2C)cc1)=C(/C)C=N. The molecule has 7 heteroatoms. The Balaban J connectivity index is 2.23. The summed E-state index contributed by atoms with van der Waals surface area (Å²) in [6.07, 6.45) is 3.53. The summed E-state index contributed by atoms with van der Waals surface area (Å²) in [5.74, 6) is -0.233. The van der Waals surface area contributed by atoms with Crippen molar-refractivity contribution in [2.45, 2.75) is 13.8 Å². The molecule has 0 saturated heterocycles. The fraction of sp³-hybridized carbons (Fsp3) is 0.150. The second-order valence-electron chi connectivity index (χ2n) is 5.83. The second-order valence-corrected chi connectivity index (χ2v) is 6.88. The molecule has 0 spiro atoms. The highest BCUT2D eigenvalue weighted by atomic mass is 32.1. The third-order valence-corrected chi connectivity index (χ3v) is 5.21. The van der Waals surface area contributed by atoms with Crippen LogP contribution in [0.15, 0.2) is 47.7 Å². The molecule has 0 fully saturated rings. The molecular weight excluding hydrogens is 360 g/mol. The summed E-state index contributed by atoms with van der Waals surface area (Å²) in [4.78, 5) is 14.0. The van der Waals surface area contributed by atoms with Crippen LogP contribution in [-0.4, -0.2) is 30.5 Å². The highest BCUT2D eigenvalue weighted by molar-refractivity contribution is 7.16. The number of nitrogens with one attached hydrogen (secondary N) is 4. The number of anilines is 1. The fourth-order valence-corrected chi connectivity index (χ4v) is 3.62. The first-order valence-electron chi connectivity index (χ1n) is 8.22. The highest BCUT2D eigenvalue weighted by Gasteiger charge is 2.13. The van der Waals surface area contributed by atoms with Crippen LogP contribution in [-0.2, 0) is 4.79 Å². The minimum absolute atomic E-state index is 0.0705. The number of rotatable bonds is 7. The Kier molecular flexibility index (Phi) is 6.67. The molecule has 6 nitrogen and oxygen atoms in total. The molecule has 5 N–H and O–H groups in total. The van der Waals surface area contributed by atoms with E-state index in [1.807, 2.05) is 37.3 Å². The van der Waals surface area contributed by atoms with E-state index in [4.69, 9.17) is 10.8 Å². The van der Waals surface area contributed by atoms with E-state index in [-0.39, 0.29) is 11.7 Å². The topological polar surface area (TPSA) is 109 Å². The maximum Gasteiger partial charge on any atom is 0.272 e. The average Bonchev–Trinajstić information content (AvgIpc) is 3.05. The lowest BCUT2D eigenvalue weighted by molar-refractivity contribution is -0.113. The summed E-state index contributed by atoms with van der Waals surface area (Å²) < 4.78 is 0. The van der Waals surface area contributed by atoms with Gasteiger partial charge in [0.1, 0.15) is 11.5 Å². The lowest BCUT2D eigenvalue weighted by atomic mass is 10.1. The average molecular weight is 382 g/mol. The van der Waals surface area contributed by atoms with Gasteiger partial charge in [-0.05, 0) is 54.8 Å². The third-order valence-electron chi connectivity index (χ3n) is 3.90. The molecule has 0 aliphatic carbocycles. The second kappa shape index (κ2) is 8.95. The quantitative estimate of drug-likeness (QED) is 0.279. The van der Waals surface area contributed by atoms with Crippen molar-refractivity contribution in [1.82, 2.24) is 5.32 Å². The van der Waals surface area contributed by atoms with E-state index in [0.29, 0.717) is 21.8 Å². The molecule has 1 aromatic heterocycles. The van der Waals surface area contributed by atoms with Gasteiger partial charge in [0.2, 0.25) is 0 Å². The zero-order valence-electron chi connectivity index (χ0n) is 15.4. The minimum atomic E-state index is -0.303. The molecule has 0 bridgehead atoms. The summed E-state index contributed by atoms with van der Waals surface area (Å²) in [6, 6.07) is 9.32. The molecule has 0 atom stereocenters. The van der Waals surface area contributed by atoms with Crippen LogP contribution in [0.4, 0.5) is 5.69 Å². The summed E-state index contributed by atoms with van der Waals surface area (Å²) in [5, 5.41) is 29.9. The molecule has 0 unspecified atom stereocenters. The van der Waals surface area contributed by atoms with Crippen molar-refractivity contribution in [1.29, 1.82) is 10.8 Å². The lowest BCUT2D eigenvalue weighted by Gasteiger charge is -2.10. The van der Waals surface area contributed by atoms with E-state index in [2.05, 4.69) is 10.6 Å². The van der Waals surface area contributed by atoms with E-state index in [1.165, 1.54) is 17.4 Å². The summed E-state index contributed by atoms with van der Waals surface area (Å²) in [6.45, 7) is 3.66. The van der Waals surface area contributed by atoms with E-state index in [1.54, 1.807) is 14.0 Å². The van der Waals surface area contributed by atoms with Crippen molar-refractivity contribution in [2.24, 2.45) is 0 Å². The van der Waals surface area contributed by atoms with Crippen LogP contribution in [0.25, 0.3) is 16.2 Å². The monoisotopic (exact) mass is 382 g/mol. The molecular formula is C20H22N4O2S. The number of aliphatic hydroxyl groups excluding tert-OH is 1. The number of carbonyl (C=O) groups excluding carboxylic acids is 1. The number of likely N-dealkylation sites (N-methyl/N-ethyl adjacent to an activating group) is 1. The van der Waals surface area contributed by atoms with Gasteiger partial charge in [0.05, 0.1) is 4.88 Å². The van der Waals surface area contributed by atoms with Gasteiger partial charge in [0.25, 0.3) is 5.91 Å². The van der Waals surface area contributed by atoms with Crippen LogP contribution < -0.4 is 10.6 Å². The molecule has 1 heterocycles. The van der Waals surface area contributed by atoms with Gasteiger partial charge in [-0.2, -0.15) is 0 Å². The van der Waals surface area contributed by atoms with Crippen LogP contribution >= 0.6 is 11.3 Å². The summed E-state index contributed by atoms with van der Waals surface area (Å²) in [5.41, 5.74) is 3.55. The molecule has 140 valence electrons. The molecule has 2 aromatic rings. The van der Waals surface area contributed by atoms with Gasteiger partial charge in [-0.25, -0.2) is 0 Å². The Morgan fingerprint density at radius 2 is 1.89 bits per heavy atom. The number of aryl methyl sites for hydroxylation is 1. The zero-order chi connectivity index (χ0) is 20.0. The van der Waals surface area contributed by atoms with Gasteiger partial charge >= 0.3 is 0 Å². The van der Waals surface area contributed by atoms with Crippen molar-refractivity contribution in [3.05, 3.63) is 58.1 Å². The highest BCUT2D eigenvalue weighted by Crippen LogP contribution is 2.35. The third kappa shape index (κ3) is 4.71. The maximum atomic E-state index is 12.3. The first kappa shape index (κ1) is 20.1. The number of hydrogen-bond acceptors (Lipinski definition) is 6. The van der Waals surface area contributed by atoms with E-state index in [0.717, 1.165) is 28.4 Å². The zero-order valence-corrected chi connectivity index (χ0v) is 16.2. The molecule has 0 saturated carbocycles. The van der Waals surface area contributed by atoms with Gasteiger partial charge in [-0.3, -0.25) is 4.79 Å². The molecule has 1 aromatic carbocycles. The van der Waals surface area contributed by atoms with Crippen molar-refractivity contribution in [2.75, 3.05) is 12.4 Å². The Bertz CT molecular complexity index is 924. The standard InChI is InChI=1S/C20H22N4O2S/c1-12-10-17(16(25)8-9-21)27-19(12)14-4-6-15(7-5-14)24-20(26)18(23-3)13(2)11-22/h4-11,21-23,25H,1-3H3,(H,24,26)/b16-8-,18-13-,21-9?,22-11?. The fourth-order valence-electron chi connectivity index (χ4n) is 2.52. The largest absolute Gasteiger partial charge is 0.506 e. The van der Waals surface area contributed by atoms with Gasteiger partial charge in [-0.15, -0.1) is 11.3 Å². The van der Waals surface area contributed by atoms with Gasteiger partial charge in [-0.1, -0.05) is 12.1 Å². The number of thiophene rings is 1. The van der Waals surface area contributed by atoms with Crippen molar-refractivity contribution in [3.8, 4) is 10.4 Å². The van der Waals surface area contributed by atoms with Crippen LogP contribution in [0.3, 0.4) is 0 Å². The Hall–Kier alpha value is -3.19. The van der Waals surface area contributed by atoms with E-state index >= 15 is 0 Å². The Morgan fingerprint density at radius 1 is 1.22 bits per heavy atom. The van der Waals surface area contributed by atoms with Crippen LogP contribution in [0.5, 0.6) is 0 Å². The van der Waals surface area contributed by atoms with Crippen molar-refractivity contribution in [3.63, 3.8) is 0 Å². The summed E-state index contributed by atoms with van der Waals surface area (Å²) >= 11 is 1.44. The van der Waals surface area contributed by atoms with Crippen molar-refractivity contribution < 1.29 is 9.90 Å². The normalized spacial score (nSPS) is 12.2.